The maximum Gasteiger partial charge on any atom is 0.266 e. The van der Waals surface area contributed by atoms with Gasteiger partial charge < -0.3 is 5.32 Å². The average Bonchev–Trinajstić information content (AvgIpc) is 2.92. The number of nitriles is 1. The Balaban J connectivity index is 2.20. The Kier molecular flexibility index (Phi) is 4.23. The molecule has 2 aromatic rings. The number of rotatable bonds is 3. The molecule has 100 valence electrons. The van der Waals surface area contributed by atoms with Crippen LogP contribution in [-0.4, -0.2) is 5.91 Å². The van der Waals surface area contributed by atoms with E-state index in [1.807, 2.05) is 0 Å². The normalized spacial score (nSPS) is 10.9. The van der Waals surface area contributed by atoms with Crippen molar-refractivity contribution in [3.8, 4) is 6.07 Å². The van der Waals surface area contributed by atoms with E-state index in [0.717, 1.165) is 12.1 Å². The summed E-state index contributed by atoms with van der Waals surface area (Å²) in [4.78, 5) is 11.8. The van der Waals surface area contributed by atoms with Crippen LogP contribution in [-0.2, 0) is 4.79 Å². The largest absolute Gasteiger partial charge is 0.319 e. The van der Waals surface area contributed by atoms with Crippen LogP contribution in [0.2, 0.25) is 0 Å². The van der Waals surface area contributed by atoms with Crippen molar-refractivity contribution < 1.29 is 13.6 Å². The molecular weight excluding hydrogens is 282 g/mol. The monoisotopic (exact) mass is 290 g/mol. The minimum atomic E-state index is -0.897. The lowest BCUT2D eigenvalue weighted by Gasteiger charge is -2.05. The highest BCUT2D eigenvalue weighted by molar-refractivity contribution is 7.08. The first-order valence-corrected chi connectivity index (χ1v) is 6.45. The molecule has 0 saturated heterocycles. The molecular formula is C14H8F2N2OS. The standard InChI is InChI=1S/C14H8F2N2OS/c15-11-1-2-13(12(16)6-11)18-14(19)10(7-17)5-9-3-4-20-8-9/h1-6,8H,(H,18,19)/b10-5+. The summed E-state index contributed by atoms with van der Waals surface area (Å²) in [5, 5.41) is 14.8. The van der Waals surface area contributed by atoms with E-state index in [-0.39, 0.29) is 11.3 Å². The molecule has 20 heavy (non-hydrogen) atoms. The first-order valence-electron chi connectivity index (χ1n) is 5.50. The van der Waals surface area contributed by atoms with Gasteiger partial charge in [-0.05, 0) is 40.6 Å². The number of nitrogens with zero attached hydrogens (tertiary/aromatic N) is 1. The highest BCUT2D eigenvalue weighted by Crippen LogP contribution is 2.17. The summed E-state index contributed by atoms with van der Waals surface area (Å²) in [6.07, 6.45) is 1.40. The molecule has 3 nitrogen and oxygen atoms in total. The lowest BCUT2D eigenvalue weighted by molar-refractivity contribution is -0.112. The molecule has 0 unspecified atom stereocenters. The third-order valence-electron chi connectivity index (χ3n) is 2.40. The lowest BCUT2D eigenvalue weighted by atomic mass is 10.2. The minimum absolute atomic E-state index is 0.160. The quantitative estimate of drug-likeness (QED) is 0.694. The van der Waals surface area contributed by atoms with Crippen molar-refractivity contribution >= 4 is 29.0 Å². The number of carbonyl (C=O) groups excluding carboxylic acids is 1. The Morgan fingerprint density at radius 3 is 2.75 bits per heavy atom. The van der Waals surface area contributed by atoms with Gasteiger partial charge in [-0.2, -0.15) is 16.6 Å². The van der Waals surface area contributed by atoms with Gasteiger partial charge in [-0.1, -0.05) is 0 Å². The van der Waals surface area contributed by atoms with Gasteiger partial charge in [0, 0.05) is 6.07 Å². The summed E-state index contributed by atoms with van der Waals surface area (Å²) >= 11 is 1.42. The SMILES string of the molecule is N#C/C(=C\c1ccsc1)C(=O)Nc1ccc(F)cc1F. The number of hydrogen-bond donors (Lipinski definition) is 1. The molecule has 2 rings (SSSR count). The van der Waals surface area contributed by atoms with Crippen molar-refractivity contribution in [3.63, 3.8) is 0 Å². The molecule has 0 aliphatic heterocycles. The van der Waals surface area contributed by atoms with E-state index >= 15 is 0 Å². The smallest absolute Gasteiger partial charge is 0.266 e. The zero-order valence-electron chi connectivity index (χ0n) is 10.1. The number of thiophene rings is 1. The summed E-state index contributed by atoms with van der Waals surface area (Å²) in [5.74, 6) is -2.38. The number of amides is 1. The molecule has 1 heterocycles. The van der Waals surface area contributed by atoms with Gasteiger partial charge in [0.15, 0.2) is 0 Å². The molecule has 0 spiro atoms. The van der Waals surface area contributed by atoms with Crippen molar-refractivity contribution in [1.29, 1.82) is 5.26 Å². The Morgan fingerprint density at radius 1 is 1.35 bits per heavy atom. The van der Waals surface area contributed by atoms with Crippen molar-refractivity contribution in [2.75, 3.05) is 5.32 Å². The van der Waals surface area contributed by atoms with Crippen LogP contribution >= 0.6 is 11.3 Å². The van der Waals surface area contributed by atoms with Crippen LogP contribution in [0.15, 0.2) is 40.6 Å². The first kappa shape index (κ1) is 13.9. The zero-order valence-corrected chi connectivity index (χ0v) is 10.9. The molecule has 1 amide bonds. The third-order valence-corrected chi connectivity index (χ3v) is 3.10. The van der Waals surface area contributed by atoms with E-state index in [1.165, 1.54) is 17.4 Å². The Bertz CT molecular complexity index is 702. The van der Waals surface area contributed by atoms with E-state index in [4.69, 9.17) is 5.26 Å². The van der Waals surface area contributed by atoms with Crippen molar-refractivity contribution in [1.82, 2.24) is 0 Å². The molecule has 0 aliphatic carbocycles. The fourth-order valence-electron chi connectivity index (χ4n) is 1.45. The Morgan fingerprint density at radius 2 is 2.15 bits per heavy atom. The van der Waals surface area contributed by atoms with Crippen LogP contribution < -0.4 is 5.32 Å². The summed E-state index contributed by atoms with van der Waals surface area (Å²) < 4.78 is 26.1. The maximum atomic E-state index is 13.4. The van der Waals surface area contributed by atoms with Crippen molar-refractivity contribution in [2.24, 2.45) is 0 Å². The second-order valence-electron chi connectivity index (χ2n) is 3.80. The lowest BCUT2D eigenvalue weighted by Crippen LogP contribution is -2.14. The summed E-state index contributed by atoms with van der Waals surface area (Å²) in [6, 6.07) is 6.27. The zero-order chi connectivity index (χ0) is 14.5. The van der Waals surface area contributed by atoms with Gasteiger partial charge in [0.2, 0.25) is 0 Å². The fraction of sp³-hybridized carbons (Fsp3) is 0. The van der Waals surface area contributed by atoms with Gasteiger partial charge in [-0.25, -0.2) is 8.78 Å². The number of carbonyl (C=O) groups is 1. The molecule has 0 saturated carbocycles. The molecule has 1 N–H and O–H groups in total. The minimum Gasteiger partial charge on any atom is -0.319 e. The fourth-order valence-corrected chi connectivity index (χ4v) is 2.07. The predicted molar refractivity (Wildman–Crippen MR) is 72.9 cm³/mol. The topological polar surface area (TPSA) is 52.9 Å². The van der Waals surface area contributed by atoms with Crippen molar-refractivity contribution in [2.45, 2.75) is 0 Å². The van der Waals surface area contributed by atoms with Crippen LogP contribution in [0.4, 0.5) is 14.5 Å². The van der Waals surface area contributed by atoms with Gasteiger partial charge in [0.05, 0.1) is 5.69 Å². The highest BCUT2D eigenvalue weighted by atomic mass is 32.1. The Hall–Kier alpha value is -2.52. The molecule has 1 aromatic heterocycles. The van der Waals surface area contributed by atoms with E-state index in [0.29, 0.717) is 11.6 Å². The van der Waals surface area contributed by atoms with E-state index in [2.05, 4.69) is 5.32 Å². The van der Waals surface area contributed by atoms with Crippen molar-refractivity contribution in [3.05, 3.63) is 57.8 Å². The van der Waals surface area contributed by atoms with Gasteiger partial charge in [-0.3, -0.25) is 4.79 Å². The third kappa shape index (κ3) is 3.28. The first-order chi connectivity index (χ1) is 9.60. The molecule has 0 radical (unpaired) electrons. The highest BCUT2D eigenvalue weighted by Gasteiger charge is 2.12. The Labute approximate surface area is 117 Å². The molecule has 0 aliphatic rings. The summed E-state index contributed by atoms with van der Waals surface area (Å²) in [6.45, 7) is 0. The van der Waals surface area contributed by atoms with Gasteiger partial charge in [-0.15, -0.1) is 0 Å². The summed E-state index contributed by atoms with van der Waals surface area (Å²) in [5.41, 5.74) is 0.372. The molecule has 0 fully saturated rings. The molecule has 0 atom stereocenters. The van der Waals surface area contributed by atoms with Gasteiger partial charge in [0.25, 0.3) is 5.91 Å². The maximum absolute atomic E-state index is 13.4. The van der Waals surface area contributed by atoms with Crippen LogP contribution in [0.25, 0.3) is 6.08 Å². The second kappa shape index (κ2) is 6.08. The van der Waals surface area contributed by atoms with Crippen LogP contribution in [0.3, 0.4) is 0 Å². The van der Waals surface area contributed by atoms with E-state index < -0.39 is 17.5 Å². The van der Waals surface area contributed by atoms with Crippen LogP contribution in [0.5, 0.6) is 0 Å². The summed E-state index contributed by atoms with van der Waals surface area (Å²) in [7, 11) is 0. The number of hydrogen-bond acceptors (Lipinski definition) is 3. The molecule has 1 aromatic carbocycles. The molecule has 0 bridgehead atoms. The van der Waals surface area contributed by atoms with Crippen LogP contribution in [0.1, 0.15) is 5.56 Å². The van der Waals surface area contributed by atoms with Gasteiger partial charge >= 0.3 is 0 Å². The van der Waals surface area contributed by atoms with Crippen LogP contribution in [0, 0.1) is 23.0 Å². The number of nitrogens with one attached hydrogen (secondary N) is 1. The van der Waals surface area contributed by atoms with Gasteiger partial charge in [0.1, 0.15) is 23.3 Å². The van der Waals surface area contributed by atoms with E-state index in [9.17, 15) is 13.6 Å². The number of halogens is 2. The second-order valence-corrected chi connectivity index (χ2v) is 4.58. The van der Waals surface area contributed by atoms with E-state index in [1.54, 1.807) is 22.9 Å². The molecule has 6 heteroatoms. The number of anilines is 1. The number of benzene rings is 1. The average molecular weight is 290 g/mol. The predicted octanol–water partition coefficient (Wildman–Crippen LogP) is 3.57.